The number of ether oxygens (including phenoxy) is 1. The van der Waals surface area contributed by atoms with Crippen LogP contribution in [-0.4, -0.2) is 87.4 Å². The lowest BCUT2D eigenvalue weighted by atomic mass is 10.1. The van der Waals surface area contributed by atoms with Gasteiger partial charge in [0.05, 0.1) is 12.9 Å². The second kappa shape index (κ2) is 7.80. The zero-order chi connectivity index (χ0) is 20.9. The molecule has 3 aliphatic rings. The molecule has 30 heavy (non-hydrogen) atoms. The minimum Gasteiger partial charge on any atom is -0.394 e. The Balaban J connectivity index is 1.39. The SMILES string of the molecule is O=C1NC(Nc2ncnc3c2ncn3[C@@H]2O[C@H](CO)[C@@H](O)[C@H]2O)CC12SCCCS2. The van der Waals surface area contributed by atoms with Gasteiger partial charge in [-0.15, -0.1) is 23.5 Å². The third kappa shape index (κ3) is 3.24. The summed E-state index contributed by atoms with van der Waals surface area (Å²) in [5.41, 5.74) is 0.859. The maximum atomic E-state index is 12.6. The maximum Gasteiger partial charge on any atom is 0.248 e. The Kier molecular flexibility index (Phi) is 5.27. The summed E-state index contributed by atoms with van der Waals surface area (Å²) < 4.78 is 6.63. The first-order chi connectivity index (χ1) is 14.5. The van der Waals surface area contributed by atoms with E-state index in [2.05, 4.69) is 25.6 Å². The zero-order valence-corrected chi connectivity index (χ0v) is 17.5. The van der Waals surface area contributed by atoms with Crippen LogP contribution in [-0.2, 0) is 9.53 Å². The second-order valence-corrected chi connectivity index (χ2v) is 10.5. The number of amides is 1. The van der Waals surface area contributed by atoms with Crippen molar-refractivity contribution in [1.29, 1.82) is 0 Å². The van der Waals surface area contributed by atoms with E-state index in [1.54, 1.807) is 23.5 Å². The van der Waals surface area contributed by atoms with Crippen molar-refractivity contribution in [1.82, 2.24) is 24.8 Å². The van der Waals surface area contributed by atoms with Gasteiger partial charge >= 0.3 is 0 Å². The van der Waals surface area contributed by atoms with E-state index in [9.17, 15) is 20.1 Å². The number of aliphatic hydroxyl groups excluding tert-OH is 3. The van der Waals surface area contributed by atoms with Crippen molar-refractivity contribution >= 4 is 46.4 Å². The predicted octanol–water partition coefficient (Wildman–Crippen LogP) is -0.738. The highest BCUT2D eigenvalue weighted by Crippen LogP contribution is 2.48. The fourth-order valence-corrected chi connectivity index (χ4v) is 7.21. The lowest BCUT2D eigenvalue weighted by Crippen LogP contribution is -2.36. The summed E-state index contributed by atoms with van der Waals surface area (Å²) in [4.78, 5) is 25.5. The van der Waals surface area contributed by atoms with Gasteiger partial charge in [-0.05, 0) is 17.9 Å². The minimum absolute atomic E-state index is 0.0250. The molecule has 0 bridgehead atoms. The number of aromatic nitrogens is 4. The molecular formula is C17H22N6O5S2. The molecule has 5 atom stereocenters. The van der Waals surface area contributed by atoms with Gasteiger partial charge in [-0.1, -0.05) is 0 Å². The van der Waals surface area contributed by atoms with E-state index in [0.29, 0.717) is 23.4 Å². The first-order valence-corrected chi connectivity index (χ1v) is 11.6. The van der Waals surface area contributed by atoms with Crippen molar-refractivity contribution < 1.29 is 24.9 Å². The molecule has 2 aromatic rings. The van der Waals surface area contributed by atoms with Gasteiger partial charge < -0.3 is 30.7 Å². The fraction of sp³-hybridized carbons (Fsp3) is 0.647. The van der Waals surface area contributed by atoms with Crippen molar-refractivity contribution in [2.24, 2.45) is 0 Å². The molecule has 5 rings (SSSR count). The van der Waals surface area contributed by atoms with E-state index in [1.165, 1.54) is 17.2 Å². The van der Waals surface area contributed by atoms with Gasteiger partial charge in [0.1, 0.15) is 34.9 Å². The number of rotatable bonds is 4. The maximum absolute atomic E-state index is 12.6. The van der Waals surface area contributed by atoms with Crippen LogP contribution >= 0.6 is 23.5 Å². The molecule has 0 aromatic carbocycles. The van der Waals surface area contributed by atoms with Crippen LogP contribution in [0, 0.1) is 0 Å². The quantitative estimate of drug-likeness (QED) is 0.397. The number of hydrogen-bond donors (Lipinski definition) is 5. The van der Waals surface area contributed by atoms with Crippen molar-refractivity contribution in [2.75, 3.05) is 23.4 Å². The molecule has 1 amide bonds. The van der Waals surface area contributed by atoms with Gasteiger partial charge in [-0.25, -0.2) is 15.0 Å². The highest BCUT2D eigenvalue weighted by Gasteiger charge is 2.49. The summed E-state index contributed by atoms with van der Waals surface area (Å²) in [5.74, 6) is 2.43. The predicted molar refractivity (Wildman–Crippen MR) is 111 cm³/mol. The van der Waals surface area contributed by atoms with Gasteiger partial charge in [0.25, 0.3) is 0 Å². The van der Waals surface area contributed by atoms with E-state index >= 15 is 0 Å². The number of thioether (sulfide) groups is 2. The average Bonchev–Trinajstić information content (AvgIpc) is 3.39. The first kappa shape index (κ1) is 20.3. The monoisotopic (exact) mass is 454 g/mol. The number of imidazole rings is 1. The summed E-state index contributed by atoms with van der Waals surface area (Å²) in [6, 6.07) is 0. The van der Waals surface area contributed by atoms with Crippen molar-refractivity contribution in [2.45, 2.75) is 47.6 Å². The van der Waals surface area contributed by atoms with Crippen molar-refractivity contribution in [3.63, 3.8) is 0 Å². The van der Waals surface area contributed by atoms with Gasteiger partial charge in [-0.3, -0.25) is 9.36 Å². The van der Waals surface area contributed by atoms with Gasteiger partial charge in [0.15, 0.2) is 23.2 Å². The van der Waals surface area contributed by atoms with Gasteiger partial charge in [0, 0.05) is 6.42 Å². The third-order valence-corrected chi connectivity index (χ3v) is 8.87. The number of nitrogens with zero attached hydrogens (tertiary/aromatic N) is 4. The van der Waals surface area contributed by atoms with Crippen LogP contribution in [0.25, 0.3) is 11.2 Å². The molecule has 3 fully saturated rings. The Hall–Kier alpha value is -1.64. The molecule has 1 spiro atoms. The Morgan fingerprint density at radius 2 is 2.07 bits per heavy atom. The van der Waals surface area contributed by atoms with E-state index in [0.717, 1.165) is 17.9 Å². The number of fused-ring (bicyclic) bond motifs is 1. The molecule has 3 aliphatic heterocycles. The molecule has 13 heteroatoms. The molecule has 5 heterocycles. The minimum atomic E-state index is -1.24. The van der Waals surface area contributed by atoms with E-state index < -0.39 is 35.2 Å². The molecule has 5 N–H and O–H groups in total. The number of aliphatic hydroxyl groups is 3. The van der Waals surface area contributed by atoms with Crippen LogP contribution in [0.15, 0.2) is 12.7 Å². The van der Waals surface area contributed by atoms with Crippen LogP contribution in [0.4, 0.5) is 5.82 Å². The molecule has 0 saturated carbocycles. The molecule has 0 radical (unpaired) electrons. The number of carbonyl (C=O) groups excluding carboxylic acids is 1. The zero-order valence-electron chi connectivity index (χ0n) is 15.8. The summed E-state index contributed by atoms with van der Waals surface area (Å²) in [5, 5.41) is 35.9. The van der Waals surface area contributed by atoms with Crippen LogP contribution in [0.5, 0.6) is 0 Å². The van der Waals surface area contributed by atoms with Crippen LogP contribution < -0.4 is 10.6 Å². The number of carbonyl (C=O) groups is 1. The first-order valence-electron chi connectivity index (χ1n) is 9.68. The summed E-state index contributed by atoms with van der Waals surface area (Å²) in [6.45, 7) is -0.414. The lowest BCUT2D eigenvalue weighted by Gasteiger charge is -2.29. The summed E-state index contributed by atoms with van der Waals surface area (Å²) in [6.07, 6.45) is -0.0186. The summed E-state index contributed by atoms with van der Waals surface area (Å²) >= 11 is 3.39. The van der Waals surface area contributed by atoms with E-state index in [-0.39, 0.29) is 12.1 Å². The van der Waals surface area contributed by atoms with Crippen molar-refractivity contribution in [3.05, 3.63) is 12.7 Å². The Morgan fingerprint density at radius 1 is 1.27 bits per heavy atom. The number of nitrogens with one attached hydrogen (secondary N) is 2. The molecule has 0 aliphatic carbocycles. The smallest absolute Gasteiger partial charge is 0.248 e. The number of hydrogen-bond acceptors (Lipinski definition) is 11. The molecule has 3 saturated heterocycles. The largest absolute Gasteiger partial charge is 0.394 e. The topological polar surface area (TPSA) is 155 Å². The number of anilines is 1. The standard InChI is InChI=1S/C17H22N6O5S2/c24-5-8-11(25)12(26)15(28-8)23-7-20-10-13(18-6-19-14(10)23)21-9-4-17(16(27)22-9)29-2-1-3-30-17/h6-9,11-12,15,24-26H,1-5H2,(H,22,27)(H,18,19,21)/t8-,9?,11-,12-,15-/m1/s1. The molecule has 1 unspecified atom stereocenters. The van der Waals surface area contributed by atoms with E-state index in [4.69, 9.17) is 4.74 Å². The average molecular weight is 455 g/mol. The highest BCUT2D eigenvalue weighted by molar-refractivity contribution is 8.19. The Morgan fingerprint density at radius 3 is 2.80 bits per heavy atom. The van der Waals surface area contributed by atoms with Crippen LogP contribution in [0.2, 0.25) is 0 Å². The highest BCUT2D eigenvalue weighted by atomic mass is 32.2. The van der Waals surface area contributed by atoms with Crippen molar-refractivity contribution in [3.8, 4) is 0 Å². The Bertz CT molecular complexity index is 954. The van der Waals surface area contributed by atoms with Gasteiger partial charge in [-0.2, -0.15) is 0 Å². The fourth-order valence-electron chi connectivity index (χ4n) is 4.01. The molecular weight excluding hydrogens is 432 g/mol. The second-order valence-electron chi connectivity index (χ2n) is 7.45. The summed E-state index contributed by atoms with van der Waals surface area (Å²) in [7, 11) is 0. The lowest BCUT2D eigenvalue weighted by molar-refractivity contribution is -0.119. The Labute approximate surface area is 180 Å². The molecule has 162 valence electrons. The third-order valence-electron chi connectivity index (χ3n) is 5.54. The molecule has 11 nitrogen and oxygen atoms in total. The van der Waals surface area contributed by atoms with Crippen LogP contribution in [0.1, 0.15) is 19.1 Å². The van der Waals surface area contributed by atoms with E-state index in [1.807, 2.05) is 0 Å². The molecule has 2 aromatic heterocycles. The van der Waals surface area contributed by atoms with Gasteiger partial charge in [0.2, 0.25) is 5.91 Å². The van der Waals surface area contributed by atoms with Crippen LogP contribution in [0.3, 0.4) is 0 Å². The normalized spacial score (nSPS) is 33.3.